The number of halogens is 3. The molecule has 3 rings (SSSR count). The Kier molecular flexibility index (Phi) is 8.34. The smallest absolute Gasteiger partial charge is 0.269 e. The number of nitro groups is 1. The Morgan fingerprint density at radius 3 is 2.42 bits per heavy atom. The van der Waals surface area contributed by atoms with Crippen molar-refractivity contribution in [2.24, 2.45) is 0 Å². The predicted octanol–water partition coefficient (Wildman–Crippen LogP) is 7.71. The summed E-state index contributed by atoms with van der Waals surface area (Å²) in [5.41, 5.74) is 2.32. The molecule has 33 heavy (non-hydrogen) atoms. The first-order valence-electron chi connectivity index (χ1n) is 9.72. The third-order valence-electron chi connectivity index (χ3n) is 4.57. The minimum absolute atomic E-state index is 0.0434. The van der Waals surface area contributed by atoms with E-state index in [4.69, 9.17) is 32.7 Å². The van der Waals surface area contributed by atoms with Crippen LogP contribution in [-0.4, -0.2) is 11.5 Å². The van der Waals surface area contributed by atoms with E-state index in [1.54, 1.807) is 36.4 Å². The van der Waals surface area contributed by atoms with E-state index in [-0.39, 0.29) is 12.3 Å². The van der Waals surface area contributed by atoms with Gasteiger partial charge >= 0.3 is 0 Å². The minimum atomic E-state index is -0.486. The van der Waals surface area contributed by atoms with Crippen molar-refractivity contribution in [1.29, 1.82) is 5.26 Å². The van der Waals surface area contributed by atoms with Gasteiger partial charge in [-0.25, -0.2) is 0 Å². The van der Waals surface area contributed by atoms with Gasteiger partial charge in [-0.05, 0) is 60.5 Å². The number of hydrogen-bond donors (Lipinski definition) is 0. The standard InChI is InChI=1S/C24H17BrCl2N2O4/c1-2-32-23-10-17(9-18(13-28)15-4-7-20(8-5-15)29(30)31)21(25)12-24(23)33-14-16-3-6-19(26)11-22(16)27/h3-12H,2,14H2,1H3/b18-9-. The SMILES string of the molecule is CCOc1cc(/C=C(/C#N)c2ccc([N+](=O)[O-])cc2)c(Br)cc1OCc1ccc(Cl)cc1Cl. The van der Waals surface area contributed by atoms with Crippen LogP contribution < -0.4 is 9.47 Å². The van der Waals surface area contributed by atoms with Crippen molar-refractivity contribution in [3.63, 3.8) is 0 Å². The highest BCUT2D eigenvalue weighted by Gasteiger charge is 2.13. The summed E-state index contributed by atoms with van der Waals surface area (Å²) in [6, 6.07) is 16.6. The highest BCUT2D eigenvalue weighted by molar-refractivity contribution is 9.10. The molecule has 0 aliphatic heterocycles. The highest BCUT2D eigenvalue weighted by atomic mass is 79.9. The summed E-state index contributed by atoms with van der Waals surface area (Å²) in [4.78, 5) is 10.4. The number of ether oxygens (including phenoxy) is 2. The van der Waals surface area contributed by atoms with E-state index in [1.807, 2.05) is 6.92 Å². The van der Waals surface area contributed by atoms with Crippen molar-refractivity contribution in [2.75, 3.05) is 6.61 Å². The molecule has 0 bridgehead atoms. The Morgan fingerprint density at radius 1 is 1.12 bits per heavy atom. The van der Waals surface area contributed by atoms with Gasteiger partial charge in [-0.3, -0.25) is 10.1 Å². The average molecular weight is 548 g/mol. The molecule has 168 valence electrons. The summed E-state index contributed by atoms with van der Waals surface area (Å²) in [7, 11) is 0. The fourth-order valence-corrected chi connectivity index (χ4v) is 3.84. The van der Waals surface area contributed by atoms with Crippen LogP contribution in [0.3, 0.4) is 0 Å². The van der Waals surface area contributed by atoms with Gasteiger partial charge in [0.2, 0.25) is 0 Å². The van der Waals surface area contributed by atoms with Gasteiger partial charge in [0.15, 0.2) is 11.5 Å². The molecule has 3 aromatic rings. The lowest BCUT2D eigenvalue weighted by Crippen LogP contribution is -2.01. The molecule has 0 amide bonds. The second-order valence-electron chi connectivity index (χ2n) is 6.75. The third-order valence-corrected chi connectivity index (χ3v) is 5.84. The Balaban J connectivity index is 1.92. The maximum atomic E-state index is 10.9. The van der Waals surface area contributed by atoms with Crippen molar-refractivity contribution in [3.05, 3.63) is 95.9 Å². The topological polar surface area (TPSA) is 85.4 Å². The lowest BCUT2D eigenvalue weighted by molar-refractivity contribution is -0.384. The normalized spacial score (nSPS) is 11.1. The molecule has 6 nitrogen and oxygen atoms in total. The second kappa shape index (κ2) is 11.2. The largest absolute Gasteiger partial charge is 0.490 e. The summed E-state index contributed by atoms with van der Waals surface area (Å²) in [6.07, 6.45) is 1.67. The Hall–Kier alpha value is -3.05. The van der Waals surface area contributed by atoms with Crippen LogP contribution in [0.4, 0.5) is 5.69 Å². The number of rotatable bonds is 8. The van der Waals surface area contributed by atoms with Gasteiger partial charge in [-0.2, -0.15) is 5.26 Å². The van der Waals surface area contributed by atoms with Crippen LogP contribution in [-0.2, 0) is 6.61 Å². The minimum Gasteiger partial charge on any atom is -0.490 e. The van der Waals surface area contributed by atoms with Crippen LogP contribution >= 0.6 is 39.1 Å². The van der Waals surface area contributed by atoms with Crippen LogP contribution in [0.25, 0.3) is 11.6 Å². The second-order valence-corrected chi connectivity index (χ2v) is 8.45. The van der Waals surface area contributed by atoms with Gasteiger partial charge in [0.1, 0.15) is 6.61 Å². The fraction of sp³-hybridized carbons (Fsp3) is 0.125. The average Bonchev–Trinajstić information content (AvgIpc) is 2.79. The molecule has 0 aliphatic carbocycles. The highest BCUT2D eigenvalue weighted by Crippen LogP contribution is 2.36. The lowest BCUT2D eigenvalue weighted by atomic mass is 10.0. The maximum absolute atomic E-state index is 10.9. The van der Waals surface area contributed by atoms with Crippen LogP contribution in [0.1, 0.15) is 23.6 Å². The van der Waals surface area contributed by atoms with Crippen LogP contribution in [0.2, 0.25) is 10.0 Å². The van der Waals surface area contributed by atoms with Crippen molar-refractivity contribution >= 4 is 56.5 Å². The van der Waals surface area contributed by atoms with E-state index in [0.29, 0.717) is 49.3 Å². The maximum Gasteiger partial charge on any atom is 0.269 e. The van der Waals surface area contributed by atoms with E-state index in [9.17, 15) is 15.4 Å². The molecule has 0 heterocycles. The van der Waals surface area contributed by atoms with Crippen LogP contribution in [0, 0.1) is 21.4 Å². The van der Waals surface area contributed by atoms with Gasteiger partial charge in [0, 0.05) is 32.2 Å². The lowest BCUT2D eigenvalue weighted by Gasteiger charge is -2.15. The molecule has 0 saturated carbocycles. The Labute approximate surface area is 209 Å². The summed E-state index contributed by atoms with van der Waals surface area (Å²) in [5.74, 6) is 0.999. The molecule has 0 aliphatic rings. The van der Waals surface area contributed by atoms with Crippen LogP contribution in [0.5, 0.6) is 11.5 Å². The van der Waals surface area contributed by atoms with Crippen LogP contribution in [0.15, 0.2) is 59.1 Å². The molecule has 0 saturated heterocycles. The van der Waals surface area contributed by atoms with Gasteiger partial charge in [0.25, 0.3) is 5.69 Å². The van der Waals surface area contributed by atoms with E-state index in [0.717, 1.165) is 5.56 Å². The number of nitriles is 1. The first kappa shape index (κ1) is 24.6. The summed E-state index contributed by atoms with van der Waals surface area (Å²) < 4.78 is 12.4. The van der Waals surface area contributed by atoms with Crippen molar-refractivity contribution in [3.8, 4) is 17.6 Å². The number of nitrogens with zero attached hydrogens (tertiary/aromatic N) is 2. The van der Waals surface area contributed by atoms with Gasteiger partial charge in [-0.1, -0.05) is 45.2 Å². The van der Waals surface area contributed by atoms with E-state index in [2.05, 4.69) is 22.0 Å². The number of hydrogen-bond acceptors (Lipinski definition) is 5. The zero-order valence-electron chi connectivity index (χ0n) is 17.3. The summed E-state index contributed by atoms with van der Waals surface area (Å²) >= 11 is 15.7. The van der Waals surface area contributed by atoms with E-state index >= 15 is 0 Å². The molecule has 0 atom stereocenters. The Bertz CT molecular complexity index is 1250. The predicted molar refractivity (Wildman–Crippen MR) is 133 cm³/mol. The molecule has 3 aromatic carbocycles. The number of non-ortho nitro benzene ring substituents is 1. The molecule has 0 radical (unpaired) electrons. The van der Waals surface area contributed by atoms with Gasteiger partial charge in [0.05, 0.1) is 23.2 Å². The molecule has 0 N–H and O–H groups in total. The summed E-state index contributed by atoms with van der Waals surface area (Å²) in [6.45, 7) is 2.48. The molecule has 0 aromatic heterocycles. The van der Waals surface area contributed by atoms with Crippen molar-refractivity contribution < 1.29 is 14.4 Å². The van der Waals surface area contributed by atoms with Gasteiger partial charge in [-0.15, -0.1) is 0 Å². The Morgan fingerprint density at radius 2 is 1.82 bits per heavy atom. The van der Waals surface area contributed by atoms with Crippen molar-refractivity contribution in [1.82, 2.24) is 0 Å². The zero-order valence-corrected chi connectivity index (χ0v) is 20.4. The van der Waals surface area contributed by atoms with Crippen molar-refractivity contribution in [2.45, 2.75) is 13.5 Å². The zero-order chi connectivity index (χ0) is 24.0. The first-order chi connectivity index (χ1) is 15.8. The first-order valence-corrected chi connectivity index (χ1v) is 11.3. The number of nitro benzene ring substituents is 1. The van der Waals surface area contributed by atoms with E-state index in [1.165, 1.54) is 24.3 Å². The summed E-state index contributed by atoms with van der Waals surface area (Å²) in [5, 5.41) is 21.6. The third kappa shape index (κ3) is 6.26. The molecule has 0 spiro atoms. The molecule has 0 fully saturated rings. The van der Waals surface area contributed by atoms with Gasteiger partial charge < -0.3 is 9.47 Å². The quantitative estimate of drug-likeness (QED) is 0.125. The monoisotopic (exact) mass is 546 g/mol. The number of allylic oxidation sites excluding steroid dienone is 1. The fourth-order valence-electron chi connectivity index (χ4n) is 2.94. The number of benzene rings is 3. The van der Waals surface area contributed by atoms with E-state index < -0.39 is 4.92 Å². The molecular formula is C24H17BrCl2N2O4. The molecule has 0 unspecified atom stereocenters. The molecule has 9 heteroatoms. The molecular weight excluding hydrogens is 531 g/mol.